The van der Waals surface area contributed by atoms with E-state index in [0.717, 1.165) is 29.6 Å². The number of rotatable bonds is 4. The molecule has 2 rings (SSSR count). The predicted octanol–water partition coefficient (Wildman–Crippen LogP) is 3.19. The van der Waals surface area contributed by atoms with Gasteiger partial charge in [0.1, 0.15) is 5.69 Å². The van der Waals surface area contributed by atoms with Crippen molar-refractivity contribution in [3.8, 4) is 0 Å². The van der Waals surface area contributed by atoms with Gasteiger partial charge in [-0.3, -0.25) is 4.79 Å². The van der Waals surface area contributed by atoms with Crippen LogP contribution in [0, 0.1) is 5.41 Å². The molecule has 1 unspecified atom stereocenters. The Bertz CT molecular complexity index is 437. The summed E-state index contributed by atoms with van der Waals surface area (Å²) in [5.41, 5.74) is 1.02. The highest BCUT2D eigenvalue weighted by Gasteiger charge is 2.46. The van der Waals surface area contributed by atoms with Crippen LogP contribution in [0.4, 0.5) is 0 Å². The summed E-state index contributed by atoms with van der Waals surface area (Å²) in [5, 5.41) is 3.09. The molecular weight excluding hydrogens is 280 g/mol. The molecule has 1 aliphatic rings. The van der Waals surface area contributed by atoms with Gasteiger partial charge in [0, 0.05) is 23.3 Å². The van der Waals surface area contributed by atoms with Crippen LogP contribution in [0.3, 0.4) is 0 Å². The first-order valence-corrected chi connectivity index (χ1v) is 6.90. The van der Waals surface area contributed by atoms with Crippen LogP contribution in [-0.4, -0.2) is 16.5 Å². The van der Waals surface area contributed by atoms with Crippen LogP contribution in [0.2, 0.25) is 0 Å². The molecule has 1 aliphatic carbocycles. The molecule has 4 heteroatoms. The van der Waals surface area contributed by atoms with Crippen LogP contribution in [0.5, 0.6) is 0 Å². The summed E-state index contributed by atoms with van der Waals surface area (Å²) in [6.45, 7) is 7.35. The fourth-order valence-electron chi connectivity index (χ4n) is 2.04. The van der Waals surface area contributed by atoms with Gasteiger partial charge in [-0.2, -0.15) is 0 Å². The van der Waals surface area contributed by atoms with Gasteiger partial charge < -0.3 is 9.88 Å². The minimum Gasteiger partial charge on any atom is -0.347 e. The average Bonchev–Trinajstić information content (AvgIpc) is 2.66. The third kappa shape index (κ3) is 2.73. The van der Waals surface area contributed by atoms with E-state index in [0.29, 0.717) is 6.04 Å². The van der Waals surface area contributed by atoms with Crippen molar-refractivity contribution < 1.29 is 4.79 Å². The number of halogens is 1. The summed E-state index contributed by atoms with van der Waals surface area (Å²) in [6.07, 6.45) is 4.07. The summed E-state index contributed by atoms with van der Waals surface area (Å²) in [4.78, 5) is 12.1. The zero-order valence-corrected chi connectivity index (χ0v) is 12.2. The highest BCUT2D eigenvalue weighted by molar-refractivity contribution is 9.10. The SMILES string of the molecule is CCCn1cc(Br)cc1C(=O)NC1CC1(C)C. The Hall–Kier alpha value is -0.770. The lowest BCUT2D eigenvalue weighted by Gasteiger charge is -2.09. The first-order chi connectivity index (χ1) is 7.94. The zero-order valence-electron chi connectivity index (χ0n) is 10.6. The van der Waals surface area contributed by atoms with Gasteiger partial charge in [0.25, 0.3) is 5.91 Å². The van der Waals surface area contributed by atoms with Gasteiger partial charge in [-0.25, -0.2) is 0 Å². The monoisotopic (exact) mass is 298 g/mol. The average molecular weight is 299 g/mol. The van der Waals surface area contributed by atoms with Gasteiger partial charge in [0.2, 0.25) is 0 Å². The smallest absolute Gasteiger partial charge is 0.268 e. The van der Waals surface area contributed by atoms with Crippen LogP contribution in [0.15, 0.2) is 16.7 Å². The number of amides is 1. The Balaban J connectivity index is 2.08. The molecule has 0 radical (unpaired) electrons. The normalized spacial score (nSPS) is 21.3. The molecule has 1 heterocycles. The van der Waals surface area contributed by atoms with Crippen LogP contribution in [0.25, 0.3) is 0 Å². The van der Waals surface area contributed by atoms with Crippen LogP contribution in [0.1, 0.15) is 44.1 Å². The molecule has 1 aromatic heterocycles. The Morgan fingerprint density at radius 2 is 2.29 bits per heavy atom. The van der Waals surface area contributed by atoms with Gasteiger partial charge in [0.05, 0.1) is 0 Å². The molecule has 1 atom stereocenters. The van der Waals surface area contributed by atoms with E-state index in [9.17, 15) is 4.79 Å². The second kappa shape index (κ2) is 4.48. The first-order valence-electron chi connectivity index (χ1n) is 6.10. The third-order valence-corrected chi connectivity index (χ3v) is 3.81. The number of aromatic nitrogens is 1. The molecule has 1 N–H and O–H groups in total. The Morgan fingerprint density at radius 3 is 2.82 bits per heavy atom. The lowest BCUT2D eigenvalue weighted by molar-refractivity contribution is 0.0937. The fraction of sp³-hybridized carbons (Fsp3) is 0.615. The van der Waals surface area contributed by atoms with Crippen molar-refractivity contribution in [3.63, 3.8) is 0 Å². The van der Waals surface area contributed by atoms with E-state index in [4.69, 9.17) is 0 Å². The maximum atomic E-state index is 12.1. The summed E-state index contributed by atoms with van der Waals surface area (Å²) in [7, 11) is 0. The summed E-state index contributed by atoms with van der Waals surface area (Å²) in [5.74, 6) is 0.0414. The van der Waals surface area contributed by atoms with Crippen molar-refractivity contribution >= 4 is 21.8 Å². The quantitative estimate of drug-likeness (QED) is 0.910. The number of aryl methyl sites for hydroxylation is 1. The van der Waals surface area contributed by atoms with Crippen LogP contribution < -0.4 is 5.32 Å². The molecule has 17 heavy (non-hydrogen) atoms. The second-order valence-corrected chi connectivity index (χ2v) is 6.37. The van der Waals surface area contributed by atoms with Crippen molar-refractivity contribution in [2.45, 2.75) is 46.2 Å². The molecule has 1 saturated carbocycles. The van der Waals surface area contributed by atoms with E-state index < -0.39 is 0 Å². The van der Waals surface area contributed by atoms with Gasteiger partial charge in [-0.15, -0.1) is 0 Å². The van der Waals surface area contributed by atoms with Crippen molar-refractivity contribution in [2.24, 2.45) is 5.41 Å². The van der Waals surface area contributed by atoms with Gasteiger partial charge in [-0.05, 0) is 40.3 Å². The molecule has 1 fully saturated rings. The van der Waals surface area contributed by atoms with Crippen LogP contribution in [-0.2, 0) is 6.54 Å². The topological polar surface area (TPSA) is 34.0 Å². The lowest BCUT2D eigenvalue weighted by Crippen LogP contribution is -2.30. The third-order valence-electron chi connectivity index (χ3n) is 3.38. The second-order valence-electron chi connectivity index (χ2n) is 5.46. The molecule has 3 nitrogen and oxygen atoms in total. The number of hydrogen-bond donors (Lipinski definition) is 1. The largest absolute Gasteiger partial charge is 0.347 e. The van der Waals surface area contributed by atoms with Gasteiger partial charge in [0.15, 0.2) is 0 Å². The van der Waals surface area contributed by atoms with Gasteiger partial charge in [-0.1, -0.05) is 20.8 Å². The number of nitrogens with zero attached hydrogens (tertiary/aromatic N) is 1. The Labute approximate surface area is 111 Å². The van der Waals surface area contributed by atoms with Crippen molar-refractivity contribution in [1.29, 1.82) is 0 Å². The predicted molar refractivity (Wildman–Crippen MR) is 72.1 cm³/mol. The number of hydrogen-bond acceptors (Lipinski definition) is 1. The van der Waals surface area contributed by atoms with E-state index in [2.05, 4.69) is 42.0 Å². The number of carbonyl (C=O) groups is 1. The summed E-state index contributed by atoms with van der Waals surface area (Å²) >= 11 is 3.42. The van der Waals surface area contributed by atoms with Crippen molar-refractivity contribution in [1.82, 2.24) is 9.88 Å². The molecule has 0 bridgehead atoms. The molecular formula is C13H19BrN2O. The standard InChI is InChI=1S/C13H19BrN2O/c1-4-5-16-8-9(14)6-10(16)12(17)15-11-7-13(11,2)3/h6,8,11H,4-5,7H2,1-3H3,(H,15,17). The zero-order chi connectivity index (χ0) is 12.6. The minimum absolute atomic E-state index is 0.0414. The number of carbonyl (C=O) groups excluding carboxylic acids is 1. The van der Waals surface area contributed by atoms with Crippen molar-refractivity contribution in [3.05, 3.63) is 22.4 Å². The summed E-state index contributed by atoms with van der Waals surface area (Å²) in [6, 6.07) is 2.22. The van der Waals surface area contributed by atoms with Gasteiger partial charge >= 0.3 is 0 Å². The highest BCUT2D eigenvalue weighted by Crippen LogP contribution is 2.44. The minimum atomic E-state index is 0.0414. The van der Waals surface area contributed by atoms with E-state index in [1.54, 1.807) is 0 Å². The molecule has 94 valence electrons. The van der Waals surface area contributed by atoms with E-state index in [1.165, 1.54) is 0 Å². The summed E-state index contributed by atoms with van der Waals surface area (Å²) < 4.78 is 2.97. The Kier molecular flexibility index (Phi) is 3.34. The highest BCUT2D eigenvalue weighted by atomic mass is 79.9. The van der Waals surface area contributed by atoms with Crippen molar-refractivity contribution in [2.75, 3.05) is 0 Å². The molecule has 0 saturated heterocycles. The maximum Gasteiger partial charge on any atom is 0.268 e. The molecule has 0 aromatic carbocycles. The fourth-order valence-corrected chi connectivity index (χ4v) is 2.50. The number of nitrogens with one attached hydrogen (secondary N) is 1. The van der Waals surface area contributed by atoms with E-state index >= 15 is 0 Å². The molecule has 1 amide bonds. The molecule has 1 aromatic rings. The lowest BCUT2D eigenvalue weighted by atomic mass is 10.2. The Morgan fingerprint density at radius 1 is 1.65 bits per heavy atom. The first kappa shape index (κ1) is 12.7. The maximum absolute atomic E-state index is 12.1. The molecule has 0 aliphatic heterocycles. The van der Waals surface area contributed by atoms with E-state index in [-0.39, 0.29) is 11.3 Å². The molecule has 0 spiro atoms. The van der Waals surface area contributed by atoms with E-state index in [1.807, 2.05) is 16.8 Å². The van der Waals surface area contributed by atoms with Crippen LogP contribution >= 0.6 is 15.9 Å².